The van der Waals surface area contributed by atoms with Crippen LogP contribution in [-0.2, 0) is 24.1 Å². The van der Waals surface area contributed by atoms with Crippen molar-refractivity contribution < 1.29 is 4.74 Å². The Bertz CT molecular complexity index is 427. The second kappa shape index (κ2) is 7.43. The van der Waals surface area contributed by atoms with Gasteiger partial charge in [-0.25, -0.2) is 0 Å². The predicted molar refractivity (Wildman–Crippen MR) is 84.5 cm³/mol. The molecule has 0 saturated carbocycles. The van der Waals surface area contributed by atoms with Gasteiger partial charge in [0.25, 0.3) is 0 Å². The summed E-state index contributed by atoms with van der Waals surface area (Å²) >= 11 is 6.49. The molecule has 5 heteroatoms. The number of likely N-dealkylation sites (N-methyl/N-ethyl adjacent to an activating group) is 1. The topological polar surface area (TPSA) is 39.1 Å². The molecule has 1 rings (SSSR count). The molecule has 2 atom stereocenters. The molecular weight excluding hydrogens is 274 g/mol. The molecule has 1 aromatic rings. The van der Waals surface area contributed by atoms with Gasteiger partial charge < -0.3 is 10.1 Å². The van der Waals surface area contributed by atoms with Crippen molar-refractivity contribution in [2.24, 2.45) is 0 Å². The fraction of sp³-hybridized carbons (Fsp3) is 0.800. The van der Waals surface area contributed by atoms with E-state index in [0.29, 0.717) is 0 Å². The van der Waals surface area contributed by atoms with Crippen molar-refractivity contribution in [3.63, 3.8) is 0 Å². The molecule has 0 aliphatic carbocycles. The number of hydrogen-bond donors (Lipinski definition) is 1. The average Bonchev–Trinajstić information content (AvgIpc) is 2.79. The Morgan fingerprint density at radius 1 is 1.40 bits per heavy atom. The lowest BCUT2D eigenvalue weighted by atomic mass is 9.89. The smallest absolute Gasteiger partial charge is 0.0850 e. The standard InChI is InChI=1S/C15H28ClN3O/c1-7-11-14(16)12(19(9-3)18-11)10-13(17-5)15(4,8-2)20-6/h13,17H,7-10H2,1-6H3. The maximum atomic E-state index is 6.49. The molecule has 0 aliphatic rings. The van der Waals surface area contributed by atoms with Gasteiger partial charge in [0.05, 0.1) is 22.0 Å². The van der Waals surface area contributed by atoms with Gasteiger partial charge in [0.15, 0.2) is 0 Å². The van der Waals surface area contributed by atoms with E-state index in [0.717, 1.165) is 42.2 Å². The van der Waals surface area contributed by atoms with Crippen molar-refractivity contribution in [1.82, 2.24) is 15.1 Å². The van der Waals surface area contributed by atoms with Crippen LogP contribution in [0, 0.1) is 0 Å². The maximum absolute atomic E-state index is 6.49. The van der Waals surface area contributed by atoms with Crippen molar-refractivity contribution in [2.75, 3.05) is 14.2 Å². The summed E-state index contributed by atoms with van der Waals surface area (Å²) < 4.78 is 7.73. The second-order valence-corrected chi connectivity index (χ2v) is 5.67. The zero-order valence-electron chi connectivity index (χ0n) is 13.6. The molecule has 0 amide bonds. The third-order valence-electron chi connectivity index (χ3n) is 4.35. The van der Waals surface area contributed by atoms with E-state index < -0.39 is 0 Å². The minimum Gasteiger partial charge on any atom is -0.377 e. The van der Waals surface area contributed by atoms with Crippen LogP contribution in [0.2, 0.25) is 5.02 Å². The number of hydrogen-bond acceptors (Lipinski definition) is 3. The summed E-state index contributed by atoms with van der Waals surface area (Å²) in [6.07, 6.45) is 2.61. The number of nitrogens with zero attached hydrogens (tertiary/aromatic N) is 2. The molecule has 2 unspecified atom stereocenters. The summed E-state index contributed by atoms with van der Waals surface area (Å²) in [7, 11) is 3.74. The molecule has 4 nitrogen and oxygen atoms in total. The first-order valence-electron chi connectivity index (χ1n) is 7.43. The van der Waals surface area contributed by atoms with Gasteiger partial charge in [-0.1, -0.05) is 25.4 Å². The Kier molecular flexibility index (Phi) is 6.49. The van der Waals surface area contributed by atoms with Crippen molar-refractivity contribution >= 4 is 11.6 Å². The summed E-state index contributed by atoms with van der Waals surface area (Å²) in [5, 5.41) is 8.77. The van der Waals surface area contributed by atoms with Crippen molar-refractivity contribution in [3.8, 4) is 0 Å². The van der Waals surface area contributed by atoms with E-state index in [9.17, 15) is 0 Å². The average molecular weight is 302 g/mol. The molecule has 116 valence electrons. The highest BCUT2D eigenvalue weighted by Crippen LogP contribution is 2.27. The van der Waals surface area contributed by atoms with E-state index in [2.05, 4.69) is 38.1 Å². The lowest BCUT2D eigenvalue weighted by Crippen LogP contribution is -2.50. The minimum atomic E-state index is -0.215. The molecule has 0 aromatic carbocycles. The zero-order chi connectivity index (χ0) is 15.3. The summed E-state index contributed by atoms with van der Waals surface area (Å²) in [6, 6.07) is 0.196. The third kappa shape index (κ3) is 3.35. The van der Waals surface area contributed by atoms with Crippen LogP contribution in [0.15, 0.2) is 0 Å². The van der Waals surface area contributed by atoms with Crippen LogP contribution < -0.4 is 5.32 Å². The summed E-state index contributed by atoms with van der Waals surface area (Å²) in [5.41, 5.74) is 1.86. The van der Waals surface area contributed by atoms with E-state index in [1.165, 1.54) is 0 Å². The second-order valence-electron chi connectivity index (χ2n) is 5.29. The fourth-order valence-corrected chi connectivity index (χ4v) is 2.91. The lowest BCUT2D eigenvalue weighted by Gasteiger charge is -2.35. The van der Waals surface area contributed by atoms with Crippen LogP contribution in [0.1, 0.15) is 45.5 Å². The molecule has 1 aromatic heterocycles. The van der Waals surface area contributed by atoms with Gasteiger partial charge >= 0.3 is 0 Å². The molecule has 1 heterocycles. The first kappa shape index (κ1) is 17.5. The Balaban J connectivity index is 3.09. The molecule has 0 radical (unpaired) electrons. The summed E-state index contributed by atoms with van der Waals surface area (Å²) in [5.74, 6) is 0. The fourth-order valence-electron chi connectivity index (χ4n) is 2.56. The Morgan fingerprint density at radius 2 is 2.05 bits per heavy atom. The molecule has 0 saturated heterocycles. The molecule has 20 heavy (non-hydrogen) atoms. The summed E-state index contributed by atoms with van der Waals surface area (Å²) in [6.45, 7) is 9.29. The van der Waals surface area contributed by atoms with E-state index in [-0.39, 0.29) is 11.6 Å². The highest BCUT2D eigenvalue weighted by molar-refractivity contribution is 6.31. The molecule has 0 spiro atoms. The predicted octanol–water partition coefficient (Wildman–Crippen LogP) is 3.06. The number of halogens is 1. The van der Waals surface area contributed by atoms with Crippen molar-refractivity contribution in [1.29, 1.82) is 0 Å². The number of nitrogens with one attached hydrogen (secondary N) is 1. The number of methoxy groups -OCH3 is 1. The van der Waals surface area contributed by atoms with E-state index in [1.54, 1.807) is 7.11 Å². The van der Waals surface area contributed by atoms with Gasteiger partial charge in [0.2, 0.25) is 0 Å². The first-order valence-corrected chi connectivity index (χ1v) is 7.81. The molecule has 0 bridgehead atoms. The number of aromatic nitrogens is 2. The minimum absolute atomic E-state index is 0.196. The van der Waals surface area contributed by atoms with Crippen LogP contribution >= 0.6 is 11.6 Å². The Labute approximate surface area is 127 Å². The SMILES string of the molecule is CCc1nn(CC)c(CC(NC)C(C)(CC)OC)c1Cl. The summed E-state index contributed by atoms with van der Waals surface area (Å²) in [4.78, 5) is 0. The third-order valence-corrected chi connectivity index (χ3v) is 4.78. The maximum Gasteiger partial charge on any atom is 0.0850 e. The van der Waals surface area contributed by atoms with E-state index >= 15 is 0 Å². The van der Waals surface area contributed by atoms with Crippen LogP contribution in [-0.4, -0.2) is 35.6 Å². The molecular formula is C15H28ClN3O. The Hall–Kier alpha value is -0.580. The van der Waals surface area contributed by atoms with Gasteiger partial charge in [-0.2, -0.15) is 5.10 Å². The van der Waals surface area contributed by atoms with Gasteiger partial charge in [0.1, 0.15) is 0 Å². The quantitative estimate of drug-likeness (QED) is 0.802. The van der Waals surface area contributed by atoms with Crippen LogP contribution in [0.3, 0.4) is 0 Å². The van der Waals surface area contributed by atoms with E-state index in [4.69, 9.17) is 16.3 Å². The van der Waals surface area contributed by atoms with Gasteiger partial charge in [-0.3, -0.25) is 4.68 Å². The van der Waals surface area contributed by atoms with E-state index in [1.807, 2.05) is 11.7 Å². The Morgan fingerprint density at radius 3 is 2.45 bits per heavy atom. The van der Waals surface area contributed by atoms with Crippen molar-refractivity contribution in [2.45, 2.75) is 65.1 Å². The van der Waals surface area contributed by atoms with Gasteiger partial charge in [-0.15, -0.1) is 0 Å². The number of rotatable bonds is 8. The lowest BCUT2D eigenvalue weighted by molar-refractivity contribution is -0.0273. The number of aryl methyl sites for hydroxylation is 2. The normalized spacial score (nSPS) is 16.1. The van der Waals surface area contributed by atoms with Crippen LogP contribution in [0.25, 0.3) is 0 Å². The highest BCUT2D eigenvalue weighted by atomic mass is 35.5. The molecule has 0 aliphatic heterocycles. The molecule has 0 fully saturated rings. The van der Waals surface area contributed by atoms with Crippen LogP contribution in [0.5, 0.6) is 0 Å². The van der Waals surface area contributed by atoms with Gasteiger partial charge in [0, 0.05) is 26.1 Å². The monoisotopic (exact) mass is 301 g/mol. The number of ether oxygens (including phenoxy) is 1. The van der Waals surface area contributed by atoms with Gasteiger partial charge in [-0.05, 0) is 33.7 Å². The first-order chi connectivity index (χ1) is 9.47. The zero-order valence-corrected chi connectivity index (χ0v) is 14.3. The molecule has 1 N–H and O–H groups in total. The largest absolute Gasteiger partial charge is 0.377 e. The van der Waals surface area contributed by atoms with Crippen LogP contribution in [0.4, 0.5) is 0 Å². The highest BCUT2D eigenvalue weighted by Gasteiger charge is 2.33. The van der Waals surface area contributed by atoms with Crippen molar-refractivity contribution in [3.05, 3.63) is 16.4 Å².